The van der Waals surface area contributed by atoms with Crippen molar-refractivity contribution >= 4 is 30.7 Å². The normalized spacial score (nSPS) is 18.1. The van der Waals surface area contributed by atoms with Gasteiger partial charge in [0.2, 0.25) is 0 Å². The number of rotatable bonds is 5. The van der Waals surface area contributed by atoms with Crippen LogP contribution in [0, 0.1) is 12.8 Å². The van der Waals surface area contributed by atoms with E-state index in [1.807, 2.05) is 6.20 Å². The number of aromatic nitrogens is 2. The van der Waals surface area contributed by atoms with Gasteiger partial charge in [-0.25, -0.2) is 4.98 Å². The molecule has 2 aliphatic rings. The van der Waals surface area contributed by atoms with Crippen LogP contribution in [0.4, 0.5) is 0 Å². The number of carbonyl (C=O) groups is 1. The molecule has 1 aromatic carbocycles. The van der Waals surface area contributed by atoms with Gasteiger partial charge in [-0.05, 0) is 49.9 Å². The summed E-state index contributed by atoms with van der Waals surface area (Å²) in [6.07, 6.45) is 5.21. The molecule has 1 amide bonds. The maximum atomic E-state index is 12.9. The smallest absolute Gasteiger partial charge is 0.271 e. The lowest BCUT2D eigenvalue weighted by atomic mass is 9.94. The summed E-state index contributed by atoms with van der Waals surface area (Å²) in [5, 5.41) is 6.55. The van der Waals surface area contributed by atoms with Crippen LogP contribution in [0.5, 0.6) is 0 Å². The number of imidazole rings is 1. The van der Waals surface area contributed by atoms with Crippen molar-refractivity contribution in [2.45, 2.75) is 45.7 Å². The average Bonchev–Trinajstić information content (AvgIpc) is 3.01. The van der Waals surface area contributed by atoms with Crippen LogP contribution in [0.25, 0.3) is 0 Å². The Balaban J connectivity index is 0.00000171. The standard InChI is InChI=1S/C23H33N5O.2ClH/c1-17-8-12-27(13-9-17)21(19-6-4-3-5-18(19)2)15-25-23(29)20-16-28-14-11-24-10-7-22(28)26-20;;/h3-6,16-17,21,24H,7-15H2,1-2H3,(H,25,29);2*1H. The Morgan fingerprint density at radius 3 is 2.68 bits per heavy atom. The molecule has 1 unspecified atom stereocenters. The number of nitrogens with one attached hydrogen (secondary N) is 2. The Morgan fingerprint density at radius 1 is 1.19 bits per heavy atom. The first-order valence-corrected chi connectivity index (χ1v) is 11.0. The third kappa shape index (κ3) is 6.22. The van der Waals surface area contributed by atoms with Crippen LogP contribution < -0.4 is 10.6 Å². The fourth-order valence-electron chi connectivity index (χ4n) is 4.50. The summed E-state index contributed by atoms with van der Waals surface area (Å²) in [6, 6.07) is 8.76. The number of hydrogen-bond acceptors (Lipinski definition) is 4. The first kappa shape index (κ1) is 25.7. The number of likely N-dealkylation sites (tertiary alicyclic amines) is 1. The van der Waals surface area contributed by atoms with Crippen LogP contribution in [0.15, 0.2) is 30.5 Å². The van der Waals surface area contributed by atoms with Crippen LogP contribution >= 0.6 is 24.8 Å². The third-order valence-electron chi connectivity index (χ3n) is 6.41. The number of amides is 1. The highest BCUT2D eigenvalue weighted by Crippen LogP contribution is 2.28. The molecule has 1 atom stereocenters. The number of fused-ring (bicyclic) bond motifs is 1. The number of nitrogens with zero attached hydrogens (tertiary/aromatic N) is 3. The van der Waals surface area contributed by atoms with Gasteiger partial charge in [0, 0.05) is 38.8 Å². The Labute approximate surface area is 198 Å². The molecule has 0 saturated carbocycles. The van der Waals surface area contributed by atoms with Crippen molar-refractivity contribution in [3.05, 3.63) is 53.1 Å². The van der Waals surface area contributed by atoms with Gasteiger partial charge in [-0.1, -0.05) is 31.2 Å². The van der Waals surface area contributed by atoms with Gasteiger partial charge in [-0.3, -0.25) is 9.69 Å². The van der Waals surface area contributed by atoms with E-state index in [9.17, 15) is 4.79 Å². The molecule has 1 saturated heterocycles. The van der Waals surface area contributed by atoms with Crippen molar-refractivity contribution in [2.75, 3.05) is 32.7 Å². The SMILES string of the molecule is Cc1ccccc1C(CNC(=O)c1cn2c(n1)CCNCC2)N1CCC(C)CC1.Cl.Cl. The summed E-state index contributed by atoms with van der Waals surface area (Å²) in [7, 11) is 0. The minimum absolute atomic E-state index is 0. The first-order valence-electron chi connectivity index (χ1n) is 11.0. The molecule has 2 aromatic rings. The van der Waals surface area contributed by atoms with Crippen LogP contribution in [-0.2, 0) is 13.0 Å². The van der Waals surface area contributed by atoms with Gasteiger partial charge in [-0.15, -0.1) is 24.8 Å². The molecule has 31 heavy (non-hydrogen) atoms. The molecule has 6 nitrogen and oxygen atoms in total. The number of benzene rings is 1. The van der Waals surface area contributed by atoms with Crippen molar-refractivity contribution in [1.29, 1.82) is 0 Å². The summed E-state index contributed by atoms with van der Waals surface area (Å²) in [4.78, 5) is 20.0. The second-order valence-corrected chi connectivity index (χ2v) is 8.54. The van der Waals surface area contributed by atoms with Crippen LogP contribution in [0.1, 0.15) is 53.2 Å². The number of halogens is 2. The molecule has 0 aliphatic carbocycles. The van der Waals surface area contributed by atoms with E-state index in [-0.39, 0.29) is 36.8 Å². The Bertz CT molecular complexity index is 825. The largest absolute Gasteiger partial charge is 0.349 e. The zero-order valence-corrected chi connectivity index (χ0v) is 20.1. The van der Waals surface area contributed by atoms with Crippen molar-refractivity contribution in [1.82, 2.24) is 25.1 Å². The lowest BCUT2D eigenvalue weighted by Crippen LogP contribution is -2.42. The van der Waals surface area contributed by atoms with Gasteiger partial charge in [0.25, 0.3) is 5.91 Å². The van der Waals surface area contributed by atoms with Gasteiger partial charge in [0.15, 0.2) is 0 Å². The minimum atomic E-state index is -0.0671. The molecule has 172 valence electrons. The topological polar surface area (TPSA) is 62.2 Å². The molecule has 1 fully saturated rings. The maximum absolute atomic E-state index is 12.9. The highest BCUT2D eigenvalue weighted by molar-refractivity contribution is 5.92. The lowest BCUT2D eigenvalue weighted by molar-refractivity contribution is 0.0908. The van der Waals surface area contributed by atoms with Gasteiger partial charge >= 0.3 is 0 Å². The molecule has 1 aromatic heterocycles. The monoisotopic (exact) mass is 467 g/mol. The molecular weight excluding hydrogens is 433 g/mol. The van der Waals surface area contributed by atoms with E-state index in [1.54, 1.807) is 0 Å². The Hall–Kier alpha value is -1.60. The lowest BCUT2D eigenvalue weighted by Gasteiger charge is -2.37. The van der Waals surface area contributed by atoms with E-state index in [0.29, 0.717) is 12.2 Å². The highest BCUT2D eigenvalue weighted by Gasteiger charge is 2.26. The van der Waals surface area contributed by atoms with Gasteiger partial charge < -0.3 is 15.2 Å². The van der Waals surface area contributed by atoms with E-state index in [1.165, 1.54) is 24.0 Å². The summed E-state index contributed by atoms with van der Waals surface area (Å²) < 4.78 is 2.11. The Morgan fingerprint density at radius 2 is 1.94 bits per heavy atom. The number of aryl methyl sites for hydroxylation is 1. The second-order valence-electron chi connectivity index (χ2n) is 8.54. The molecule has 0 radical (unpaired) electrons. The van der Waals surface area contributed by atoms with Crippen molar-refractivity contribution in [3.8, 4) is 0 Å². The van der Waals surface area contributed by atoms with E-state index < -0.39 is 0 Å². The summed E-state index contributed by atoms with van der Waals surface area (Å²) in [5.74, 6) is 1.72. The zero-order valence-electron chi connectivity index (χ0n) is 18.5. The molecule has 0 bridgehead atoms. The van der Waals surface area contributed by atoms with Gasteiger partial charge in [0.1, 0.15) is 11.5 Å². The highest BCUT2D eigenvalue weighted by atomic mass is 35.5. The molecule has 2 N–H and O–H groups in total. The first-order chi connectivity index (χ1) is 14.1. The van der Waals surface area contributed by atoms with E-state index in [2.05, 4.69) is 63.2 Å². The van der Waals surface area contributed by atoms with E-state index >= 15 is 0 Å². The maximum Gasteiger partial charge on any atom is 0.271 e. The fraction of sp³-hybridized carbons (Fsp3) is 0.565. The van der Waals surface area contributed by atoms with E-state index in [4.69, 9.17) is 0 Å². The van der Waals surface area contributed by atoms with Crippen LogP contribution in [0.3, 0.4) is 0 Å². The summed E-state index contributed by atoms with van der Waals surface area (Å²) >= 11 is 0. The van der Waals surface area contributed by atoms with Gasteiger partial charge in [-0.2, -0.15) is 0 Å². The quantitative estimate of drug-likeness (QED) is 0.707. The summed E-state index contributed by atoms with van der Waals surface area (Å²) in [6.45, 7) is 9.99. The molecular formula is C23H35Cl2N5O. The average molecular weight is 468 g/mol. The molecule has 4 rings (SSSR count). The Kier molecular flexibility index (Phi) is 9.82. The van der Waals surface area contributed by atoms with Gasteiger partial charge in [0.05, 0.1) is 6.04 Å². The molecule has 8 heteroatoms. The minimum Gasteiger partial charge on any atom is -0.349 e. The van der Waals surface area contributed by atoms with Crippen molar-refractivity contribution in [3.63, 3.8) is 0 Å². The number of carbonyl (C=O) groups excluding carboxylic acids is 1. The predicted molar refractivity (Wildman–Crippen MR) is 130 cm³/mol. The molecule has 0 spiro atoms. The summed E-state index contributed by atoms with van der Waals surface area (Å²) in [5.41, 5.74) is 3.14. The predicted octanol–water partition coefficient (Wildman–Crippen LogP) is 3.38. The fourth-order valence-corrected chi connectivity index (χ4v) is 4.50. The number of piperidine rings is 1. The van der Waals surface area contributed by atoms with E-state index in [0.717, 1.165) is 50.9 Å². The number of hydrogen-bond donors (Lipinski definition) is 2. The zero-order chi connectivity index (χ0) is 20.2. The third-order valence-corrected chi connectivity index (χ3v) is 6.41. The molecule has 2 aliphatic heterocycles. The van der Waals surface area contributed by atoms with Crippen molar-refractivity contribution in [2.24, 2.45) is 5.92 Å². The molecule has 3 heterocycles. The van der Waals surface area contributed by atoms with Crippen LogP contribution in [-0.4, -0.2) is 53.1 Å². The van der Waals surface area contributed by atoms with Crippen LogP contribution in [0.2, 0.25) is 0 Å². The second kappa shape index (κ2) is 11.9. The van der Waals surface area contributed by atoms with Crippen molar-refractivity contribution < 1.29 is 4.79 Å².